The van der Waals surface area contributed by atoms with Gasteiger partial charge in [0.2, 0.25) is 5.91 Å². The summed E-state index contributed by atoms with van der Waals surface area (Å²) in [6.45, 7) is 0. The Bertz CT molecular complexity index is 589. The molecule has 92 valence electrons. The minimum absolute atomic E-state index is 0.0683. The number of halogens is 1. The van der Waals surface area contributed by atoms with Gasteiger partial charge < -0.3 is 5.32 Å². The lowest BCUT2D eigenvalue weighted by Crippen LogP contribution is -2.16. The van der Waals surface area contributed by atoms with Crippen molar-refractivity contribution in [2.24, 2.45) is 5.92 Å². The molecule has 1 fully saturated rings. The number of benzene rings is 1. The second kappa shape index (κ2) is 4.46. The average molecular weight is 262 g/mol. The predicted octanol–water partition coefficient (Wildman–Crippen LogP) is 2.87. The van der Waals surface area contributed by atoms with Gasteiger partial charge in [0.1, 0.15) is 5.82 Å². The lowest BCUT2D eigenvalue weighted by molar-refractivity contribution is -0.117. The van der Waals surface area contributed by atoms with E-state index in [-0.39, 0.29) is 11.8 Å². The molecule has 1 amide bonds. The average Bonchev–Trinajstić information content (AvgIpc) is 3.11. The minimum atomic E-state index is 0.0683. The molecule has 5 heteroatoms. The van der Waals surface area contributed by atoms with Gasteiger partial charge in [-0.3, -0.25) is 4.79 Å². The lowest BCUT2D eigenvalue weighted by atomic mass is 10.3. The second-order valence-corrected chi connectivity index (χ2v) is 4.81. The number of nitrogens with zero attached hydrogens (tertiary/aromatic N) is 2. The Balaban J connectivity index is 1.88. The third kappa shape index (κ3) is 2.24. The Morgan fingerprint density at radius 1 is 1.39 bits per heavy atom. The van der Waals surface area contributed by atoms with Gasteiger partial charge in [-0.2, -0.15) is 5.10 Å². The molecular formula is C13H12ClN3O. The van der Waals surface area contributed by atoms with Gasteiger partial charge in [0.15, 0.2) is 0 Å². The maximum absolute atomic E-state index is 11.7. The fourth-order valence-electron chi connectivity index (χ4n) is 1.79. The normalized spacial score (nSPS) is 14.5. The van der Waals surface area contributed by atoms with Gasteiger partial charge in [-0.15, -0.1) is 0 Å². The molecule has 0 aliphatic heterocycles. The van der Waals surface area contributed by atoms with Crippen LogP contribution in [0.4, 0.5) is 5.82 Å². The van der Waals surface area contributed by atoms with Crippen molar-refractivity contribution in [3.05, 3.63) is 41.6 Å². The van der Waals surface area contributed by atoms with E-state index >= 15 is 0 Å². The van der Waals surface area contributed by atoms with Crippen LogP contribution in [0.5, 0.6) is 0 Å². The fourth-order valence-corrected chi connectivity index (χ4v) is 1.97. The Morgan fingerprint density at radius 3 is 2.94 bits per heavy atom. The molecule has 1 aliphatic carbocycles. The highest BCUT2D eigenvalue weighted by Crippen LogP contribution is 2.30. The van der Waals surface area contributed by atoms with E-state index in [1.165, 1.54) is 0 Å². The Labute approximate surface area is 110 Å². The molecule has 0 spiro atoms. The Hall–Kier alpha value is -1.81. The number of nitrogens with one attached hydrogen (secondary N) is 1. The van der Waals surface area contributed by atoms with Crippen molar-refractivity contribution < 1.29 is 4.79 Å². The van der Waals surface area contributed by atoms with Crippen molar-refractivity contribution in [1.82, 2.24) is 9.78 Å². The van der Waals surface area contributed by atoms with E-state index in [0.29, 0.717) is 10.8 Å². The molecule has 0 bridgehead atoms. The highest BCUT2D eigenvalue weighted by atomic mass is 35.5. The number of amides is 1. The SMILES string of the molecule is O=C(Nc1ccnn1-c1cccc(Cl)c1)C1CC1. The first-order chi connectivity index (χ1) is 8.74. The Kier molecular flexibility index (Phi) is 2.80. The summed E-state index contributed by atoms with van der Waals surface area (Å²) >= 11 is 5.95. The van der Waals surface area contributed by atoms with Gasteiger partial charge in [0.05, 0.1) is 11.9 Å². The molecule has 4 nitrogen and oxygen atoms in total. The zero-order valence-corrected chi connectivity index (χ0v) is 10.4. The van der Waals surface area contributed by atoms with E-state index in [1.54, 1.807) is 29.1 Å². The maximum Gasteiger partial charge on any atom is 0.228 e. The number of hydrogen-bond acceptors (Lipinski definition) is 2. The van der Waals surface area contributed by atoms with E-state index in [9.17, 15) is 4.79 Å². The molecule has 1 aliphatic rings. The van der Waals surface area contributed by atoms with Crippen LogP contribution in [0.3, 0.4) is 0 Å². The first-order valence-corrected chi connectivity index (χ1v) is 6.23. The lowest BCUT2D eigenvalue weighted by Gasteiger charge is -2.08. The van der Waals surface area contributed by atoms with Crippen LogP contribution in [0.1, 0.15) is 12.8 Å². The summed E-state index contributed by atoms with van der Waals surface area (Å²) < 4.78 is 1.67. The van der Waals surface area contributed by atoms with Gasteiger partial charge >= 0.3 is 0 Å². The summed E-state index contributed by atoms with van der Waals surface area (Å²) in [5.41, 5.74) is 0.832. The third-order valence-electron chi connectivity index (χ3n) is 2.89. The number of carbonyl (C=O) groups excluding carboxylic acids is 1. The standard InChI is InChI=1S/C13H12ClN3O/c14-10-2-1-3-11(8-10)17-12(6-7-15-17)16-13(18)9-4-5-9/h1-3,6-9H,4-5H2,(H,16,18). The molecule has 0 saturated heterocycles. The Morgan fingerprint density at radius 2 is 2.22 bits per heavy atom. The summed E-state index contributed by atoms with van der Waals surface area (Å²) in [5.74, 6) is 0.917. The van der Waals surface area contributed by atoms with Crippen LogP contribution in [0.2, 0.25) is 5.02 Å². The number of aromatic nitrogens is 2. The van der Waals surface area contributed by atoms with Crippen molar-refractivity contribution in [3.63, 3.8) is 0 Å². The first kappa shape index (κ1) is 11.3. The van der Waals surface area contributed by atoms with Crippen molar-refractivity contribution >= 4 is 23.3 Å². The second-order valence-electron chi connectivity index (χ2n) is 4.37. The van der Waals surface area contributed by atoms with Crippen LogP contribution in [-0.4, -0.2) is 15.7 Å². The van der Waals surface area contributed by atoms with Gasteiger partial charge in [0, 0.05) is 17.0 Å². The number of hydrogen-bond donors (Lipinski definition) is 1. The summed E-state index contributed by atoms with van der Waals surface area (Å²) in [4.78, 5) is 11.7. The molecule has 3 rings (SSSR count). The monoisotopic (exact) mass is 261 g/mol. The summed E-state index contributed by atoms with van der Waals surface area (Å²) in [6, 6.07) is 9.14. The summed E-state index contributed by atoms with van der Waals surface area (Å²) in [5, 5.41) is 7.73. The quantitative estimate of drug-likeness (QED) is 0.924. The zero-order chi connectivity index (χ0) is 12.5. The molecule has 1 aromatic carbocycles. The van der Waals surface area contributed by atoms with Crippen LogP contribution in [0.25, 0.3) is 5.69 Å². The highest BCUT2D eigenvalue weighted by Gasteiger charge is 2.30. The highest BCUT2D eigenvalue weighted by molar-refractivity contribution is 6.30. The van der Waals surface area contributed by atoms with Crippen molar-refractivity contribution in [3.8, 4) is 5.69 Å². The van der Waals surface area contributed by atoms with Crippen LogP contribution < -0.4 is 5.32 Å². The minimum Gasteiger partial charge on any atom is -0.310 e. The largest absolute Gasteiger partial charge is 0.310 e. The molecule has 0 atom stereocenters. The molecule has 1 heterocycles. The number of anilines is 1. The molecule has 0 unspecified atom stereocenters. The fraction of sp³-hybridized carbons (Fsp3) is 0.231. The molecule has 1 aromatic heterocycles. The van der Waals surface area contributed by atoms with Gasteiger partial charge in [-0.05, 0) is 31.0 Å². The summed E-state index contributed by atoms with van der Waals surface area (Å²) in [7, 11) is 0. The van der Waals surface area contributed by atoms with Crippen LogP contribution in [0.15, 0.2) is 36.5 Å². The summed E-state index contributed by atoms with van der Waals surface area (Å²) in [6.07, 6.45) is 3.62. The number of carbonyl (C=O) groups is 1. The van der Waals surface area contributed by atoms with Crippen LogP contribution >= 0.6 is 11.6 Å². The predicted molar refractivity (Wildman–Crippen MR) is 69.9 cm³/mol. The molecule has 0 radical (unpaired) electrons. The third-order valence-corrected chi connectivity index (χ3v) is 3.13. The van der Waals surface area contributed by atoms with E-state index in [0.717, 1.165) is 18.5 Å². The van der Waals surface area contributed by atoms with E-state index < -0.39 is 0 Å². The zero-order valence-electron chi connectivity index (χ0n) is 9.64. The molecule has 1 N–H and O–H groups in total. The van der Waals surface area contributed by atoms with E-state index in [2.05, 4.69) is 10.4 Å². The topological polar surface area (TPSA) is 46.9 Å². The van der Waals surface area contributed by atoms with Crippen LogP contribution in [-0.2, 0) is 4.79 Å². The van der Waals surface area contributed by atoms with Gasteiger partial charge in [0.25, 0.3) is 0 Å². The van der Waals surface area contributed by atoms with Crippen LogP contribution in [0, 0.1) is 5.92 Å². The van der Waals surface area contributed by atoms with Crippen molar-refractivity contribution in [1.29, 1.82) is 0 Å². The number of rotatable bonds is 3. The van der Waals surface area contributed by atoms with Gasteiger partial charge in [-0.1, -0.05) is 17.7 Å². The maximum atomic E-state index is 11.7. The molecule has 1 saturated carbocycles. The smallest absolute Gasteiger partial charge is 0.228 e. The molecule has 18 heavy (non-hydrogen) atoms. The first-order valence-electron chi connectivity index (χ1n) is 5.85. The van der Waals surface area contributed by atoms with E-state index in [4.69, 9.17) is 11.6 Å². The molecule has 2 aromatic rings. The molecular weight excluding hydrogens is 250 g/mol. The van der Waals surface area contributed by atoms with Crippen molar-refractivity contribution in [2.75, 3.05) is 5.32 Å². The van der Waals surface area contributed by atoms with Crippen molar-refractivity contribution in [2.45, 2.75) is 12.8 Å². The van der Waals surface area contributed by atoms with Gasteiger partial charge in [-0.25, -0.2) is 4.68 Å². The van der Waals surface area contributed by atoms with E-state index in [1.807, 2.05) is 12.1 Å².